The van der Waals surface area contributed by atoms with E-state index in [0.717, 1.165) is 0 Å². The highest BCUT2D eigenvalue weighted by atomic mass is 35.5. The van der Waals surface area contributed by atoms with Gasteiger partial charge in [-0.15, -0.1) is 23.2 Å². The molecule has 35 heavy (non-hydrogen) atoms. The van der Waals surface area contributed by atoms with Crippen molar-refractivity contribution in [2.45, 2.75) is 89.4 Å². The van der Waals surface area contributed by atoms with Gasteiger partial charge in [-0.3, -0.25) is 19.2 Å². The number of Topliss-reactive ketones (excluding diaryl/α,β-unsaturated/α-hetero) is 1. The van der Waals surface area contributed by atoms with Gasteiger partial charge < -0.3 is 26.0 Å². The van der Waals surface area contributed by atoms with E-state index in [1.54, 1.807) is 48.5 Å². The minimum atomic E-state index is -1.21. The second-order valence-electron chi connectivity index (χ2n) is 11.3. The summed E-state index contributed by atoms with van der Waals surface area (Å²) in [5, 5.41) is 5.19. The number of alkyl carbamates (subject to hydrolysis) is 1. The fraction of sp³-hybridized carbons (Fsp3) is 0.783. The summed E-state index contributed by atoms with van der Waals surface area (Å²) in [4.78, 5) is 64.5. The molecule has 0 radical (unpaired) electrons. The normalized spacial score (nSPS) is 24.6. The summed E-state index contributed by atoms with van der Waals surface area (Å²) < 4.78 is 4.11. The Bertz CT molecular complexity index is 895. The summed E-state index contributed by atoms with van der Waals surface area (Å²) in [7, 11) is 0. The predicted molar refractivity (Wildman–Crippen MR) is 131 cm³/mol. The topological polar surface area (TPSA) is 148 Å². The first-order valence-corrected chi connectivity index (χ1v) is 12.4. The monoisotopic (exact) mass is 534 g/mol. The van der Waals surface area contributed by atoms with E-state index in [1.807, 2.05) is 0 Å². The number of amides is 4. The Kier molecular flexibility index (Phi) is 8.44. The van der Waals surface area contributed by atoms with E-state index in [2.05, 4.69) is 10.6 Å². The molecule has 1 heterocycles. The lowest BCUT2D eigenvalue weighted by molar-refractivity contribution is -0.144. The summed E-state index contributed by atoms with van der Waals surface area (Å²) in [5.41, 5.74) is 3.63. The molecule has 0 spiro atoms. The van der Waals surface area contributed by atoms with Crippen LogP contribution in [0.2, 0.25) is 0 Å². The van der Waals surface area contributed by atoms with Crippen molar-refractivity contribution in [2.75, 3.05) is 6.54 Å². The molecule has 10 nitrogen and oxygen atoms in total. The largest absolute Gasteiger partial charge is 0.444 e. The number of carbonyl (C=O) groups excluding carboxylic acids is 5. The van der Waals surface area contributed by atoms with Crippen LogP contribution in [-0.4, -0.2) is 69.1 Å². The number of likely N-dealkylation sites (tertiary alicyclic amines) is 1. The molecule has 2 fully saturated rings. The van der Waals surface area contributed by atoms with Gasteiger partial charge in [-0.2, -0.15) is 0 Å². The number of hydrogen-bond acceptors (Lipinski definition) is 6. The minimum absolute atomic E-state index is 0.0966. The molecule has 2 aliphatic rings. The molecule has 2 rings (SSSR count). The molecule has 1 saturated heterocycles. The summed E-state index contributed by atoms with van der Waals surface area (Å²) in [6.45, 7) is 12.3. The number of nitrogens with one attached hydrogen (secondary N) is 2. The van der Waals surface area contributed by atoms with E-state index < -0.39 is 69.0 Å². The number of fused-ring (bicyclic) bond motifs is 1. The fourth-order valence-electron chi connectivity index (χ4n) is 4.36. The van der Waals surface area contributed by atoms with Crippen molar-refractivity contribution < 1.29 is 28.7 Å². The number of primary amides is 1. The van der Waals surface area contributed by atoms with Crippen molar-refractivity contribution >= 4 is 52.8 Å². The third-order valence-corrected chi connectivity index (χ3v) is 7.18. The zero-order valence-corrected chi connectivity index (χ0v) is 22.7. The standard InChI is InChI=1S/C23H36Cl2N4O6/c1-8-9-12(15(30)17(26)31)27-18(32)14-13-11(23(13,24)25)10-29(14)19(33)16(21(2,3)4)28-20(34)35-22(5,6)7/h11-14,16H,8-10H2,1-7H3,(H2,26,31)(H,27,32)(H,28,34). The first kappa shape index (κ1) is 29.2. The van der Waals surface area contributed by atoms with Crippen molar-refractivity contribution in [2.24, 2.45) is 23.0 Å². The molecule has 5 atom stereocenters. The van der Waals surface area contributed by atoms with Gasteiger partial charge in [-0.1, -0.05) is 34.1 Å². The average molecular weight is 535 g/mol. The number of halogens is 2. The van der Waals surface area contributed by atoms with Crippen LogP contribution >= 0.6 is 23.2 Å². The molecule has 12 heteroatoms. The Labute approximate surface area is 215 Å². The van der Waals surface area contributed by atoms with Crippen LogP contribution in [0.3, 0.4) is 0 Å². The zero-order valence-electron chi connectivity index (χ0n) is 21.2. The van der Waals surface area contributed by atoms with E-state index in [9.17, 15) is 24.0 Å². The van der Waals surface area contributed by atoms with Crippen molar-refractivity contribution in [1.82, 2.24) is 15.5 Å². The summed E-state index contributed by atoms with van der Waals surface area (Å²) in [5.74, 6) is -4.18. The minimum Gasteiger partial charge on any atom is -0.444 e. The lowest BCUT2D eigenvalue weighted by Crippen LogP contribution is -2.60. The van der Waals surface area contributed by atoms with Crippen molar-refractivity contribution in [1.29, 1.82) is 0 Å². The zero-order chi connectivity index (χ0) is 27.1. The number of nitrogens with zero attached hydrogens (tertiary/aromatic N) is 1. The van der Waals surface area contributed by atoms with Gasteiger partial charge >= 0.3 is 6.09 Å². The van der Waals surface area contributed by atoms with Crippen LogP contribution in [0.25, 0.3) is 0 Å². The van der Waals surface area contributed by atoms with Gasteiger partial charge in [0, 0.05) is 18.4 Å². The van der Waals surface area contributed by atoms with E-state index in [4.69, 9.17) is 33.7 Å². The number of piperidine rings is 1. The molecular weight excluding hydrogens is 499 g/mol. The van der Waals surface area contributed by atoms with Crippen LogP contribution in [0, 0.1) is 17.3 Å². The number of ketones is 1. The Balaban J connectivity index is 2.31. The lowest BCUT2D eigenvalue weighted by Gasteiger charge is -2.37. The molecule has 0 aromatic rings. The van der Waals surface area contributed by atoms with Gasteiger partial charge in [-0.05, 0) is 32.6 Å². The summed E-state index contributed by atoms with van der Waals surface area (Å²) >= 11 is 12.7. The van der Waals surface area contributed by atoms with E-state index in [1.165, 1.54) is 4.90 Å². The maximum atomic E-state index is 13.7. The molecule has 4 amide bonds. The number of nitrogens with two attached hydrogens (primary N) is 1. The maximum absolute atomic E-state index is 13.7. The molecule has 0 aromatic carbocycles. The van der Waals surface area contributed by atoms with Crippen LogP contribution in [0.4, 0.5) is 4.79 Å². The highest BCUT2D eigenvalue weighted by Crippen LogP contribution is 2.65. The van der Waals surface area contributed by atoms with Crippen LogP contribution in [0.15, 0.2) is 0 Å². The van der Waals surface area contributed by atoms with E-state index in [0.29, 0.717) is 6.42 Å². The highest BCUT2D eigenvalue weighted by Gasteiger charge is 2.74. The molecule has 1 saturated carbocycles. The lowest BCUT2D eigenvalue weighted by atomic mass is 9.85. The fourth-order valence-corrected chi connectivity index (χ4v) is 5.19. The van der Waals surface area contributed by atoms with Gasteiger partial charge in [0.1, 0.15) is 22.0 Å². The first-order chi connectivity index (χ1) is 15.8. The number of rotatable bonds is 8. The van der Waals surface area contributed by atoms with Crippen molar-refractivity contribution in [3.63, 3.8) is 0 Å². The third kappa shape index (κ3) is 6.58. The van der Waals surface area contributed by atoms with Crippen LogP contribution in [0.1, 0.15) is 61.3 Å². The molecule has 0 bridgehead atoms. The smallest absolute Gasteiger partial charge is 0.408 e. The van der Waals surface area contributed by atoms with Crippen molar-refractivity contribution in [3.05, 3.63) is 0 Å². The molecule has 198 valence electrons. The summed E-state index contributed by atoms with van der Waals surface area (Å²) in [6, 6.07) is -3.24. The number of alkyl halides is 2. The van der Waals surface area contributed by atoms with Crippen molar-refractivity contribution in [3.8, 4) is 0 Å². The quantitative estimate of drug-likeness (QED) is 0.320. The van der Waals surface area contributed by atoms with Gasteiger partial charge in [0.15, 0.2) is 0 Å². The van der Waals surface area contributed by atoms with Gasteiger partial charge in [0.25, 0.3) is 5.91 Å². The maximum Gasteiger partial charge on any atom is 0.408 e. The van der Waals surface area contributed by atoms with Crippen LogP contribution in [0.5, 0.6) is 0 Å². The Morgan fingerprint density at radius 2 is 1.66 bits per heavy atom. The SMILES string of the molecule is CCCC(NC(=O)C1C2C(CN1C(=O)C(NC(=O)OC(C)(C)C)C(C)(C)C)C2(Cl)Cl)C(=O)C(N)=O. The average Bonchev–Trinajstić information content (AvgIpc) is 3.03. The first-order valence-electron chi connectivity index (χ1n) is 11.6. The number of hydrogen-bond donors (Lipinski definition) is 3. The van der Waals surface area contributed by atoms with Gasteiger partial charge in [0.2, 0.25) is 17.6 Å². The van der Waals surface area contributed by atoms with Crippen LogP contribution in [-0.2, 0) is 23.9 Å². The molecular formula is C23H36Cl2N4O6. The molecule has 0 aromatic heterocycles. The Morgan fingerprint density at radius 3 is 2.11 bits per heavy atom. The molecule has 4 N–H and O–H groups in total. The van der Waals surface area contributed by atoms with Gasteiger partial charge in [-0.25, -0.2) is 4.79 Å². The van der Waals surface area contributed by atoms with Gasteiger partial charge in [0.05, 0.1) is 6.04 Å². The highest BCUT2D eigenvalue weighted by molar-refractivity contribution is 6.51. The third-order valence-electron chi connectivity index (χ3n) is 6.11. The predicted octanol–water partition coefficient (Wildman–Crippen LogP) is 1.90. The second-order valence-corrected chi connectivity index (χ2v) is 12.7. The molecule has 1 aliphatic heterocycles. The molecule has 5 unspecified atom stereocenters. The van der Waals surface area contributed by atoms with E-state index >= 15 is 0 Å². The van der Waals surface area contributed by atoms with E-state index in [-0.39, 0.29) is 18.9 Å². The number of ether oxygens (including phenoxy) is 1. The number of carbonyl (C=O) groups is 5. The Morgan fingerprint density at radius 1 is 1.09 bits per heavy atom. The van der Waals surface area contributed by atoms with Crippen LogP contribution < -0.4 is 16.4 Å². The second kappa shape index (κ2) is 10.1. The summed E-state index contributed by atoms with van der Waals surface area (Å²) in [6.07, 6.45) is -0.0697. The molecule has 1 aliphatic carbocycles. The Hall–Kier alpha value is -2.07.